The Labute approximate surface area is 146 Å². The molecule has 1 heterocycles. The van der Waals surface area contributed by atoms with E-state index in [1.807, 2.05) is 30.3 Å². The predicted molar refractivity (Wildman–Crippen MR) is 92.6 cm³/mol. The molecular weight excluding hydrogens is 321 g/mol. The van der Waals surface area contributed by atoms with Gasteiger partial charge in [0, 0.05) is 13.0 Å². The largest absolute Gasteiger partial charge is 0.393 e. The molecule has 3 rings (SSSR count). The summed E-state index contributed by atoms with van der Waals surface area (Å²) in [5, 5.41) is 9.92. The Morgan fingerprint density at radius 1 is 1.12 bits per heavy atom. The number of amides is 1. The average molecular weight is 343 g/mol. The first-order valence-electron chi connectivity index (χ1n) is 8.41. The van der Waals surface area contributed by atoms with Crippen LogP contribution in [0.15, 0.2) is 54.6 Å². The third-order valence-electron chi connectivity index (χ3n) is 4.53. The smallest absolute Gasteiger partial charge is 0.227 e. The normalized spacial score (nSPS) is 20.5. The Morgan fingerprint density at radius 3 is 2.52 bits per heavy atom. The zero-order chi connectivity index (χ0) is 17.7. The number of aliphatic hydroxyl groups excluding tert-OH is 1. The fraction of sp³-hybridized carbons (Fsp3) is 0.350. The van der Waals surface area contributed by atoms with E-state index >= 15 is 0 Å². The Hall–Kier alpha value is -2.24. The van der Waals surface area contributed by atoms with Crippen molar-refractivity contribution < 1.29 is 19.0 Å². The van der Waals surface area contributed by atoms with Crippen molar-refractivity contribution in [3.8, 4) is 0 Å². The van der Waals surface area contributed by atoms with Gasteiger partial charge in [0.05, 0.1) is 26.2 Å². The van der Waals surface area contributed by atoms with E-state index in [1.165, 1.54) is 12.1 Å². The number of ether oxygens (including phenoxy) is 1. The lowest BCUT2D eigenvalue weighted by Gasteiger charge is -2.42. The Balaban J connectivity index is 1.68. The highest BCUT2D eigenvalue weighted by molar-refractivity contribution is 5.79. The van der Waals surface area contributed by atoms with Crippen LogP contribution in [0.2, 0.25) is 0 Å². The fourth-order valence-electron chi connectivity index (χ4n) is 3.17. The first-order valence-corrected chi connectivity index (χ1v) is 8.41. The fourth-order valence-corrected chi connectivity index (χ4v) is 3.17. The van der Waals surface area contributed by atoms with Gasteiger partial charge in [-0.2, -0.15) is 0 Å². The molecular formula is C20H22FNO3. The number of hydrogen-bond donors (Lipinski definition) is 1. The second kappa shape index (κ2) is 7.76. The summed E-state index contributed by atoms with van der Waals surface area (Å²) in [4.78, 5) is 14.3. The Morgan fingerprint density at radius 2 is 1.84 bits per heavy atom. The van der Waals surface area contributed by atoms with Crippen LogP contribution in [0.4, 0.5) is 4.39 Å². The van der Waals surface area contributed by atoms with E-state index in [2.05, 4.69) is 0 Å². The summed E-state index contributed by atoms with van der Waals surface area (Å²) in [6.07, 6.45) is 0.762. The number of halogens is 1. The number of rotatable bonds is 5. The van der Waals surface area contributed by atoms with Crippen LogP contribution in [-0.2, 0) is 22.4 Å². The SMILES string of the molecule is O=C(Cc1ccc(F)cc1)N1CCO[C@@](CO)(Cc2ccccc2)C1. The van der Waals surface area contributed by atoms with Crippen LogP contribution >= 0.6 is 0 Å². The van der Waals surface area contributed by atoms with Crippen molar-refractivity contribution in [1.82, 2.24) is 4.90 Å². The maximum absolute atomic E-state index is 13.0. The molecule has 132 valence electrons. The molecule has 0 aromatic heterocycles. The van der Waals surface area contributed by atoms with Gasteiger partial charge in [-0.25, -0.2) is 4.39 Å². The molecule has 1 saturated heterocycles. The number of aliphatic hydroxyl groups is 1. The summed E-state index contributed by atoms with van der Waals surface area (Å²) < 4.78 is 18.9. The lowest BCUT2D eigenvalue weighted by Crippen LogP contribution is -2.57. The molecule has 0 saturated carbocycles. The molecule has 0 spiro atoms. The molecule has 25 heavy (non-hydrogen) atoms. The lowest BCUT2D eigenvalue weighted by molar-refractivity contribution is -0.157. The van der Waals surface area contributed by atoms with Gasteiger partial charge in [0.1, 0.15) is 11.4 Å². The molecule has 0 radical (unpaired) electrons. The van der Waals surface area contributed by atoms with Crippen molar-refractivity contribution in [2.75, 3.05) is 26.3 Å². The van der Waals surface area contributed by atoms with Crippen molar-refractivity contribution in [3.05, 3.63) is 71.5 Å². The van der Waals surface area contributed by atoms with E-state index in [-0.39, 0.29) is 24.8 Å². The number of morpholine rings is 1. The van der Waals surface area contributed by atoms with Crippen molar-refractivity contribution in [1.29, 1.82) is 0 Å². The highest BCUT2D eigenvalue weighted by Gasteiger charge is 2.38. The van der Waals surface area contributed by atoms with E-state index in [4.69, 9.17) is 4.74 Å². The molecule has 1 fully saturated rings. The molecule has 4 nitrogen and oxygen atoms in total. The molecule has 1 N–H and O–H groups in total. The minimum atomic E-state index is -0.780. The quantitative estimate of drug-likeness (QED) is 0.905. The second-order valence-corrected chi connectivity index (χ2v) is 6.47. The van der Waals surface area contributed by atoms with E-state index in [9.17, 15) is 14.3 Å². The van der Waals surface area contributed by atoms with Crippen LogP contribution in [0.5, 0.6) is 0 Å². The number of hydrogen-bond acceptors (Lipinski definition) is 3. The van der Waals surface area contributed by atoms with Crippen LogP contribution < -0.4 is 0 Å². The van der Waals surface area contributed by atoms with Gasteiger partial charge in [-0.3, -0.25) is 4.79 Å². The van der Waals surface area contributed by atoms with E-state index in [0.717, 1.165) is 11.1 Å². The summed E-state index contributed by atoms with van der Waals surface area (Å²) in [5.41, 5.74) is 1.05. The minimum absolute atomic E-state index is 0.0409. The number of benzene rings is 2. The van der Waals surface area contributed by atoms with E-state index < -0.39 is 5.60 Å². The van der Waals surface area contributed by atoms with Gasteiger partial charge in [0.25, 0.3) is 0 Å². The summed E-state index contributed by atoms with van der Waals surface area (Å²) in [6, 6.07) is 15.8. The monoisotopic (exact) mass is 343 g/mol. The summed E-state index contributed by atoms with van der Waals surface area (Å²) >= 11 is 0. The molecule has 0 unspecified atom stereocenters. The van der Waals surface area contributed by atoms with Crippen molar-refractivity contribution in [2.45, 2.75) is 18.4 Å². The summed E-state index contributed by atoms with van der Waals surface area (Å²) in [6.45, 7) is 1.08. The molecule has 2 aromatic rings. The van der Waals surface area contributed by atoms with Gasteiger partial charge in [-0.1, -0.05) is 42.5 Å². The van der Waals surface area contributed by atoms with E-state index in [0.29, 0.717) is 26.1 Å². The highest BCUT2D eigenvalue weighted by Crippen LogP contribution is 2.23. The third kappa shape index (κ3) is 4.44. The Kier molecular flexibility index (Phi) is 5.46. The third-order valence-corrected chi connectivity index (χ3v) is 4.53. The molecule has 1 amide bonds. The van der Waals surface area contributed by atoms with Crippen molar-refractivity contribution in [2.24, 2.45) is 0 Å². The van der Waals surface area contributed by atoms with E-state index in [1.54, 1.807) is 17.0 Å². The first-order chi connectivity index (χ1) is 12.1. The van der Waals surface area contributed by atoms with Crippen LogP contribution in [0.25, 0.3) is 0 Å². The molecule has 5 heteroatoms. The van der Waals surface area contributed by atoms with Crippen LogP contribution in [0.3, 0.4) is 0 Å². The zero-order valence-electron chi connectivity index (χ0n) is 14.0. The van der Waals surface area contributed by atoms with Crippen LogP contribution in [-0.4, -0.2) is 47.8 Å². The topological polar surface area (TPSA) is 49.8 Å². The van der Waals surface area contributed by atoms with Gasteiger partial charge in [0.2, 0.25) is 5.91 Å². The molecule has 0 aliphatic carbocycles. The average Bonchev–Trinajstić information content (AvgIpc) is 2.64. The Bertz CT molecular complexity index is 705. The molecule has 2 aromatic carbocycles. The minimum Gasteiger partial charge on any atom is -0.393 e. The van der Waals surface area contributed by atoms with Crippen LogP contribution in [0, 0.1) is 5.82 Å². The van der Waals surface area contributed by atoms with Crippen molar-refractivity contribution >= 4 is 5.91 Å². The standard InChI is InChI=1S/C20H22FNO3/c21-18-8-6-16(7-9-18)12-19(24)22-10-11-25-20(14-22,15-23)13-17-4-2-1-3-5-17/h1-9,23H,10-15H2/t20-/m0/s1. The number of carbonyl (C=O) groups is 1. The van der Waals surface area contributed by atoms with Gasteiger partial charge in [0.15, 0.2) is 0 Å². The molecule has 0 bridgehead atoms. The van der Waals surface area contributed by atoms with Gasteiger partial charge < -0.3 is 14.7 Å². The zero-order valence-corrected chi connectivity index (χ0v) is 14.0. The van der Waals surface area contributed by atoms with Crippen molar-refractivity contribution in [3.63, 3.8) is 0 Å². The number of nitrogens with zero attached hydrogens (tertiary/aromatic N) is 1. The van der Waals surface area contributed by atoms with Gasteiger partial charge in [-0.15, -0.1) is 0 Å². The molecule has 1 aliphatic heterocycles. The molecule has 1 atom stereocenters. The van der Waals surface area contributed by atoms with Gasteiger partial charge in [-0.05, 0) is 23.3 Å². The summed E-state index contributed by atoms with van der Waals surface area (Å²) in [7, 11) is 0. The maximum atomic E-state index is 13.0. The first kappa shape index (κ1) is 17.6. The predicted octanol–water partition coefficient (Wildman–Crippen LogP) is 2.20. The maximum Gasteiger partial charge on any atom is 0.227 e. The molecule has 1 aliphatic rings. The lowest BCUT2D eigenvalue weighted by atomic mass is 9.93. The second-order valence-electron chi connectivity index (χ2n) is 6.47. The number of carbonyl (C=O) groups excluding carboxylic acids is 1. The van der Waals surface area contributed by atoms with Crippen LogP contribution in [0.1, 0.15) is 11.1 Å². The highest BCUT2D eigenvalue weighted by atomic mass is 19.1. The van der Waals surface area contributed by atoms with Gasteiger partial charge >= 0.3 is 0 Å². The summed E-state index contributed by atoms with van der Waals surface area (Å²) in [5.74, 6) is -0.356.